The first-order chi connectivity index (χ1) is 17.0. The lowest BCUT2D eigenvalue weighted by Crippen LogP contribution is -2.39. The second kappa shape index (κ2) is 11.9. The zero-order chi connectivity index (χ0) is 24.8. The Morgan fingerprint density at radius 3 is 2.51 bits per heavy atom. The zero-order valence-corrected chi connectivity index (χ0v) is 21.4. The molecule has 0 saturated heterocycles. The number of hydrogen-bond donors (Lipinski definition) is 3. The van der Waals surface area contributed by atoms with E-state index in [1.165, 1.54) is 0 Å². The van der Waals surface area contributed by atoms with Crippen molar-refractivity contribution < 1.29 is 24.5 Å². The Bertz CT molecular complexity index is 1170. The molecule has 3 N–H and O–H groups in total. The minimum atomic E-state index is -1.12. The van der Waals surface area contributed by atoms with E-state index in [-0.39, 0.29) is 6.54 Å². The highest BCUT2D eigenvalue weighted by Gasteiger charge is 2.23. The van der Waals surface area contributed by atoms with E-state index in [0.717, 1.165) is 34.0 Å². The lowest BCUT2D eigenvalue weighted by Gasteiger charge is -2.18. The maximum atomic E-state index is 11.2. The fraction of sp³-hybridized carbons (Fsp3) is 0.296. The number of carboxylic acids is 1. The number of carbonyl (C=O) groups is 1. The van der Waals surface area contributed by atoms with Gasteiger partial charge < -0.3 is 19.7 Å². The second-order valence-electron chi connectivity index (χ2n) is 8.53. The lowest BCUT2D eigenvalue weighted by atomic mass is 10.0. The third kappa shape index (κ3) is 6.76. The molecule has 1 atom stereocenters. The molecule has 0 amide bonds. The topological polar surface area (TPSA) is 88.0 Å². The van der Waals surface area contributed by atoms with Crippen LogP contribution in [0.3, 0.4) is 0 Å². The van der Waals surface area contributed by atoms with Gasteiger partial charge in [0, 0.05) is 28.2 Å². The molecule has 3 aromatic carbocycles. The van der Waals surface area contributed by atoms with Gasteiger partial charge in [0.2, 0.25) is 0 Å². The SMILES string of the molecule is O=C(O)[C@H](CO)NCc1cc(Cl)c(OCc2cccc(-c3ccccc3)c2Br)cc1OCC1CC1. The first-order valence-corrected chi connectivity index (χ1v) is 12.6. The van der Waals surface area contributed by atoms with Crippen molar-refractivity contribution in [2.24, 2.45) is 5.92 Å². The largest absolute Gasteiger partial charge is 0.493 e. The van der Waals surface area contributed by atoms with Gasteiger partial charge in [0.15, 0.2) is 0 Å². The van der Waals surface area contributed by atoms with Crippen molar-refractivity contribution in [1.82, 2.24) is 5.32 Å². The minimum absolute atomic E-state index is 0.183. The number of ether oxygens (including phenoxy) is 2. The number of hydrogen-bond acceptors (Lipinski definition) is 5. The van der Waals surface area contributed by atoms with Crippen molar-refractivity contribution in [1.29, 1.82) is 0 Å². The molecule has 0 bridgehead atoms. The van der Waals surface area contributed by atoms with Gasteiger partial charge in [-0.15, -0.1) is 0 Å². The van der Waals surface area contributed by atoms with Gasteiger partial charge in [0.05, 0.1) is 18.2 Å². The van der Waals surface area contributed by atoms with E-state index in [2.05, 4.69) is 39.4 Å². The molecule has 0 spiro atoms. The van der Waals surface area contributed by atoms with Crippen molar-refractivity contribution >= 4 is 33.5 Å². The highest BCUT2D eigenvalue weighted by molar-refractivity contribution is 9.10. The van der Waals surface area contributed by atoms with Gasteiger partial charge in [-0.05, 0) is 51.9 Å². The fourth-order valence-corrected chi connectivity index (χ4v) is 4.45. The number of aliphatic hydroxyl groups excluding tert-OH is 1. The van der Waals surface area contributed by atoms with Crippen LogP contribution in [0.1, 0.15) is 24.0 Å². The Balaban J connectivity index is 1.52. The third-order valence-electron chi connectivity index (χ3n) is 5.85. The van der Waals surface area contributed by atoms with Crippen LogP contribution in [0, 0.1) is 5.92 Å². The molecule has 0 heterocycles. The number of aliphatic carboxylic acids is 1. The van der Waals surface area contributed by atoms with E-state index in [1.807, 2.05) is 30.3 Å². The number of halogens is 2. The fourth-order valence-electron chi connectivity index (χ4n) is 3.60. The van der Waals surface area contributed by atoms with Crippen LogP contribution in [0.5, 0.6) is 11.5 Å². The molecule has 0 aromatic heterocycles. The van der Waals surface area contributed by atoms with Gasteiger partial charge in [-0.2, -0.15) is 0 Å². The summed E-state index contributed by atoms with van der Waals surface area (Å²) >= 11 is 10.3. The molecule has 0 aliphatic heterocycles. The van der Waals surface area contributed by atoms with Gasteiger partial charge in [-0.25, -0.2) is 0 Å². The predicted molar refractivity (Wildman–Crippen MR) is 139 cm³/mol. The second-order valence-corrected chi connectivity index (χ2v) is 9.73. The lowest BCUT2D eigenvalue weighted by molar-refractivity contribution is -0.140. The molecule has 1 aliphatic rings. The molecule has 1 saturated carbocycles. The molecule has 6 nitrogen and oxygen atoms in total. The third-order valence-corrected chi connectivity index (χ3v) is 7.08. The summed E-state index contributed by atoms with van der Waals surface area (Å²) in [7, 11) is 0. The normalized spacial score (nSPS) is 13.9. The Hall–Kier alpha value is -2.58. The summed E-state index contributed by atoms with van der Waals surface area (Å²) in [6.45, 7) is 0.551. The summed E-state index contributed by atoms with van der Waals surface area (Å²) in [4.78, 5) is 11.2. The number of aliphatic hydroxyl groups is 1. The van der Waals surface area contributed by atoms with Crippen LogP contribution in [0.15, 0.2) is 65.1 Å². The predicted octanol–water partition coefficient (Wildman–Crippen LogP) is 5.67. The number of carboxylic acid groups (broad SMARTS) is 1. The van der Waals surface area contributed by atoms with Gasteiger partial charge in [-0.1, -0.05) is 60.1 Å². The summed E-state index contributed by atoms with van der Waals surface area (Å²) < 4.78 is 13.1. The first kappa shape index (κ1) is 25.5. The standard InChI is InChI=1S/C27H27BrClNO5/c28-26-19(7-4-8-21(26)18-5-2-1-3-6-18)16-35-25-12-24(34-15-17-9-10-17)20(11-22(25)29)13-30-23(14-31)27(32)33/h1-8,11-12,17,23,30-31H,9-10,13-16H2,(H,32,33)/t23-/m0/s1. The van der Waals surface area contributed by atoms with E-state index >= 15 is 0 Å². The van der Waals surface area contributed by atoms with Gasteiger partial charge >= 0.3 is 5.97 Å². The Morgan fingerprint density at radius 1 is 1.06 bits per heavy atom. The molecule has 1 aliphatic carbocycles. The number of benzene rings is 3. The molecule has 35 heavy (non-hydrogen) atoms. The van der Waals surface area contributed by atoms with Crippen LogP contribution in [0.25, 0.3) is 11.1 Å². The van der Waals surface area contributed by atoms with E-state index in [4.69, 9.17) is 21.1 Å². The Morgan fingerprint density at radius 2 is 1.83 bits per heavy atom. The summed E-state index contributed by atoms with van der Waals surface area (Å²) in [5.74, 6) is 0.484. The van der Waals surface area contributed by atoms with Crippen LogP contribution in [0.2, 0.25) is 5.02 Å². The van der Waals surface area contributed by atoms with Crippen molar-refractivity contribution in [3.63, 3.8) is 0 Å². The average molecular weight is 561 g/mol. The monoisotopic (exact) mass is 559 g/mol. The van der Waals surface area contributed by atoms with E-state index < -0.39 is 18.6 Å². The average Bonchev–Trinajstić information content (AvgIpc) is 3.69. The van der Waals surface area contributed by atoms with Crippen molar-refractivity contribution in [2.45, 2.75) is 32.0 Å². The minimum Gasteiger partial charge on any atom is -0.493 e. The summed E-state index contributed by atoms with van der Waals surface area (Å²) in [6, 6.07) is 18.6. The number of nitrogens with one attached hydrogen (secondary N) is 1. The molecule has 8 heteroatoms. The maximum absolute atomic E-state index is 11.2. The quantitative estimate of drug-likeness (QED) is 0.264. The van der Waals surface area contributed by atoms with E-state index in [0.29, 0.717) is 41.2 Å². The van der Waals surface area contributed by atoms with Crippen LogP contribution >= 0.6 is 27.5 Å². The molecule has 0 unspecified atom stereocenters. The molecule has 3 aromatic rings. The summed E-state index contributed by atoms with van der Waals surface area (Å²) in [5, 5.41) is 21.7. The first-order valence-electron chi connectivity index (χ1n) is 11.4. The van der Waals surface area contributed by atoms with E-state index in [1.54, 1.807) is 12.1 Å². The number of rotatable bonds is 12. The van der Waals surface area contributed by atoms with Crippen molar-refractivity contribution in [3.8, 4) is 22.6 Å². The van der Waals surface area contributed by atoms with Crippen LogP contribution in [0.4, 0.5) is 0 Å². The van der Waals surface area contributed by atoms with Gasteiger partial charge in [0.1, 0.15) is 24.1 Å². The summed E-state index contributed by atoms with van der Waals surface area (Å²) in [6.07, 6.45) is 2.28. The molecule has 4 rings (SSSR count). The summed E-state index contributed by atoms with van der Waals surface area (Å²) in [5.41, 5.74) is 3.86. The van der Waals surface area contributed by atoms with E-state index in [9.17, 15) is 15.0 Å². The van der Waals surface area contributed by atoms with Gasteiger partial charge in [-0.3, -0.25) is 10.1 Å². The molecule has 1 fully saturated rings. The molecule has 0 radical (unpaired) electrons. The van der Waals surface area contributed by atoms with Crippen molar-refractivity contribution in [2.75, 3.05) is 13.2 Å². The Labute approximate surface area is 218 Å². The molecular weight excluding hydrogens is 534 g/mol. The Kier molecular flexibility index (Phi) is 8.68. The van der Waals surface area contributed by atoms with Crippen LogP contribution < -0.4 is 14.8 Å². The van der Waals surface area contributed by atoms with Crippen molar-refractivity contribution in [3.05, 3.63) is 81.3 Å². The van der Waals surface area contributed by atoms with Gasteiger partial charge in [0.25, 0.3) is 0 Å². The molecule has 184 valence electrons. The van der Waals surface area contributed by atoms with Crippen LogP contribution in [-0.2, 0) is 17.9 Å². The molecular formula is C27H27BrClNO5. The highest BCUT2D eigenvalue weighted by Crippen LogP contribution is 2.37. The maximum Gasteiger partial charge on any atom is 0.323 e. The highest BCUT2D eigenvalue weighted by atomic mass is 79.9. The smallest absolute Gasteiger partial charge is 0.323 e. The van der Waals surface area contributed by atoms with Crippen LogP contribution in [-0.4, -0.2) is 35.4 Å². The zero-order valence-electron chi connectivity index (χ0n) is 19.0.